The normalized spacial score (nSPS) is 18.0. The van der Waals surface area contributed by atoms with E-state index in [0.717, 1.165) is 11.1 Å². The maximum absolute atomic E-state index is 13.4. The second kappa shape index (κ2) is 8.41. The van der Waals surface area contributed by atoms with Crippen LogP contribution in [-0.4, -0.2) is 35.5 Å². The molecule has 0 bridgehead atoms. The number of benzene rings is 3. The molecule has 1 aliphatic heterocycles. The van der Waals surface area contributed by atoms with E-state index < -0.39 is 17.9 Å². The van der Waals surface area contributed by atoms with Crippen molar-refractivity contribution in [3.8, 4) is 5.75 Å². The zero-order chi connectivity index (χ0) is 21.1. The van der Waals surface area contributed by atoms with Gasteiger partial charge in [-0.1, -0.05) is 60.7 Å². The van der Waals surface area contributed by atoms with Crippen LogP contribution < -0.4 is 4.74 Å². The average molecular weight is 401 g/mol. The van der Waals surface area contributed by atoms with Crippen molar-refractivity contribution in [1.29, 1.82) is 0 Å². The number of hydrogen-bond donors (Lipinski definition) is 1. The Kier molecular flexibility index (Phi) is 5.53. The van der Waals surface area contributed by atoms with E-state index in [4.69, 9.17) is 4.74 Å². The fraction of sp³-hybridized carbons (Fsp3) is 0.200. The molecule has 1 heterocycles. The smallest absolute Gasteiger partial charge is 0.313 e. The number of fused-ring (bicyclic) bond motifs is 1. The summed E-state index contributed by atoms with van der Waals surface area (Å²) in [6.07, 6.45) is 0.647. The van der Waals surface area contributed by atoms with E-state index in [0.29, 0.717) is 29.8 Å². The monoisotopic (exact) mass is 401 g/mol. The molecule has 0 saturated carbocycles. The molecule has 0 fully saturated rings. The first-order chi connectivity index (χ1) is 14.6. The standard InChI is InChI=1S/C25H23NO4/c1-30-19-13-11-18(12-14-19)23-22(25(28)29)20-9-5-6-10-21(20)24(27)26(23)16-15-17-7-3-2-4-8-17/h2-14,22-23H,15-16H2,1H3,(H,28,29)/t22-,23-/m1/s1. The largest absolute Gasteiger partial charge is 0.497 e. The Morgan fingerprint density at radius 1 is 0.967 bits per heavy atom. The molecular formula is C25H23NO4. The predicted molar refractivity (Wildman–Crippen MR) is 114 cm³/mol. The maximum atomic E-state index is 13.4. The van der Waals surface area contributed by atoms with E-state index in [9.17, 15) is 14.7 Å². The molecule has 2 atom stereocenters. The summed E-state index contributed by atoms with van der Waals surface area (Å²) < 4.78 is 5.24. The minimum Gasteiger partial charge on any atom is -0.497 e. The number of nitrogens with zero attached hydrogens (tertiary/aromatic N) is 1. The number of methoxy groups -OCH3 is 1. The van der Waals surface area contributed by atoms with Gasteiger partial charge < -0.3 is 14.7 Å². The Morgan fingerprint density at radius 2 is 1.63 bits per heavy atom. The lowest BCUT2D eigenvalue weighted by Gasteiger charge is -2.41. The lowest BCUT2D eigenvalue weighted by molar-refractivity contribution is -0.140. The lowest BCUT2D eigenvalue weighted by atomic mass is 9.79. The Balaban J connectivity index is 1.78. The van der Waals surface area contributed by atoms with Crippen LogP contribution in [0.4, 0.5) is 0 Å². The van der Waals surface area contributed by atoms with Crippen LogP contribution in [0.1, 0.15) is 39.0 Å². The first-order valence-electron chi connectivity index (χ1n) is 9.90. The third-order valence-electron chi connectivity index (χ3n) is 5.65. The molecule has 5 heteroatoms. The predicted octanol–water partition coefficient (Wildman–Crippen LogP) is 4.30. The van der Waals surface area contributed by atoms with Crippen LogP contribution in [0.25, 0.3) is 0 Å². The number of carbonyl (C=O) groups excluding carboxylic acids is 1. The van der Waals surface area contributed by atoms with Gasteiger partial charge in [-0.25, -0.2) is 0 Å². The van der Waals surface area contributed by atoms with Crippen LogP contribution in [0.2, 0.25) is 0 Å². The molecule has 0 aliphatic carbocycles. The van der Waals surface area contributed by atoms with Gasteiger partial charge in [0.1, 0.15) is 11.7 Å². The minimum atomic E-state index is -0.944. The summed E-state index contributed by atoms with van der Waals surface area (Å²) in [5.41, 5.74) is 2.90. The summed E-state index contributed by atoms with van der Waals surface area (Å²) in [5.74, 6) is -1.24. The molecule has 3 aromatic rings. The molecular weight excluding hydrogens is 378 g/mol. The van der Waals surface area contributed by atoms with Crippen molar-refractivity contribution >= 4 is 11.9 Å². The Hall–Kier alpha value is -3.60. The Bertz CT molecular complexity index is 1050. The zero-order valence-electron chi connectivity index (χ0n) is 16.7. The van der Waals surface area contributed by atoms with E-state index in [-0.39, 0.29) is 5.91 Å². The van der Waals surface area contributed by atoms with Crippen molar-refractivity contribution < 1.29 is 19.4 Å². The highest BCUT2D eigenvalue weighted by Crippen LogP contribution is 2.43. The SMILES string of the molecule is COc1ccc([C@@H]2[C@H](C(=O)O)c3ccccc3C(=O)N2CCc2ccccc2)cc1. The van der Waals surface area contributed by atoms with Crippen molar-refractivity contribution in [2.24, 2.45) is 0 Å². The molecule has 0 unspecified atom stereocenters. The molecule has 0 saturated heterocycles. The van der Waals surface area contributed by atoms with Gasteiger partial charge in [0, 0.05) is 12.1 Å². The third-order valence-corrected chi connectivity index (χ3v) is 5.65. The van der Waals surface area contributed by atoms with Crippen molar-refractivity contribution in [2.75, 3.05) is 13.7 Å². The number of amides is 1. The number of hydrogen-bond acceptors (Lipinski definition) is 3. The van der Waals surface area contributed by atoms with Gasteiger partial charge >= 0.3 is 5.97 Å². The van der Waals surface area contributed by atoms with E-state index in [1.54, 1.807) is 48.4 Å². The molecule has 0 aromatic heterocycles. The van der Waals surface area contributed by atoms with Crippen molar-refractivity contribution in [2.45, 2.75) is 18.4 Å². The fourth-order valence-corrected chi connectivity index (χ4v) is 4.17. The highest BCUT2D eigenvalue weighted by atomic mass is 16.5. The molecule has 4 rings (SSSR count). The molecule has 0 radical (unpaired) electrons. The second-order valence-corrected chi connectivity index (χ2v) is 7.36. The van der Waals surface area contributed by atoms with Crippen molar-refractivity contribution in [1.82, 2.24) is 4.90 Å². The number of carboxylic acid groups (broad SMARTS) is 1. The first-order valence-corrected chi connectivity index (χ1v) is 9.90. The number of ether oxygens (including phenoxy) is 1. The quantitative estimate of drug-likeness (QED) is 0.669. The van der Waals surface area contributed by atoms with E-state index >= 15 is 0 Å². The van der Waals surface area contributed by atoms with E-state index in [1.165, 1.54) is 0 Å². The summed E-state index contributed by atoms with van der Waals surface area (Å²) in [6, 6.07) is 23.6. The summed E-state index contributed by atoms with van der Waals surface area (Å²) in [6.45, 7) is 0.428. The van der Waals surface area contributed by atoms with Gasteiger partial charge in [-0.3, -0.25) is 9.59 Å². The number of rotatable bonds is 6. The minimum absolute atomic E-state index is 0.139. The van der Waals surface area contributed by atoms with Gasteiger partial charge in [0.15, 0.2) is 0 Å². The number of carboxylic acids is 1. The molecule has 0 spiro atoms. The van der Waals surface area contributed by atoms with Crippen LogP contribution in [0.15, 0.2) is 78.9 Å². The summed E-state index contributed by atoms with van der Waals surface area (Å²) in [5, 5.41) is 10.1. The molecule has 1 N–H and O–H groups in total. The lowest BCUT2D eigenvalue weighted by Crippen LogP contribution is -2.45. The molecule has 5 nitrogen and oxygen atoms in total. The third kappa shape index (κ3) is 3.66. The van der Waals surface area contributed by atoms with Gasteiger partial charge in [-0.05, 0) is 41.3 Å². The maximum Gasteiger partial charge on any atom is 0.313 e. The van der Waals surface area contributed by atoms with E-state index in [1.807, 2.05) is 42.5 Å². The highest BCUT2D eigenvalue weighted by molar-refractivity contribution is 6.00. The van der Waals surface area contributed by atoms with Crippen molar-refractivity contribution in [3.05, 3.63) is 101 Å². The van der Waals surface area contributed by atoms with Gasteiger partial charge in [0.25, 0.3) is 5.91 Å². The van der Waals surface area contributed by atoms with Crippen molar-refractivity contribution in [3.63, 3.8) is 0 Å². The van der Waals surface area contributed by atoms with Crippen LogP contribution in [-0.2, 0) is 11.2 Å². The topological polar surface area (TPSA) is 66.8 Å². The summed E-state index contributed by atoms with van der Waals surface area (Å²) in [7, 11) is 1.58. The zero-order valence-corrected chi connectivity index (χ0v) is 16.7. The average Bonchev–Trinajstić information content (AvgIpc) is 2.79. The van der Waals surface area contributed by atoms with Gasteiger partial charge in [-0.2, -0.15) is 0 Å². The van der Waals surface area contributed by atoms with Crippen LogP contribution in [0, 0.1) is 0 Å². The second-order valence-electron chi connectivity index (χ2n) is 7.36. The first kappa shape index (κ1) is 19.7. The molecule has 3 aromatic carbocycles. The summed E-state index contributed by atoms with van der Waals surface area (Å²) >= 11 is 0. The van der Waals surface area contributed by atoms with Gasteiger partial charge in [-0.15, -0.1) is 0 Å². The Labute approximate surface area is 175 Å². The molecule has 30 heavy (non-hydrogen) atoms. The molecule has 152 valence electrons. The van der Waals surface area contributed by atoms with Crippen LogP contribution in [0.3, 0.4) is 0 Å². The highest BCUT2D eigenvalue weighted by Gasteiger charge is 2.43. The fourth-order valence-electron chi connectivity index (χ4n) is 4.17. The molecule has 1 amide bonds. The summed E-state index contributed by atoms with van der Waals surface area (Å²) in [4.78, 5) is 27.5. The van der Waals surface area contributed by atoms with Crippen LogP contribution >= 0.6 is 0 Å². The number of aliphatic carboxylic acids is 1. The Morgan fingerprint density at radius 3 is 2.30 bits per heavy atom. The molecule has 1 aliphatic rings. The number of carbonyl (C=O) groups is 2. The van der Waals surface area contributed by atoms with E-state index in [2.05, 4.69) is 0 Å². The van der Waals surface area contributed by atoms with Crippen LogP contribution in [0.5, 0.6) is 5.75 Å². The van der Waals surface area contributed by atoms with Gasteiger partial charge in [0.05, 0.1) is 13.2 Å². The van der Waals surface area contributed by atoms with Gasteiger partial charge in [0.2, 0.25) is 0 Å².